The largest absolute Gasteiger partial charge is 0.497 e. The van der Waals surface area contributed by atoms with Gasteiger partial charge in [0.05, 0.1) is 18.4 Å². The Kier molecular flexibility index (Phi) is 5.23. The van der Waals surface area contributed by atoms with Gasteiger partial charge in [-0.2, -0.15) is 0 Å². The van der Waals surface area contributed by atoms with E-state index < -0.39 is 0 Å². The number of hydrogen-bond donors (Lipinski definition) is 1. The molecule has 2 aromatic heterocycles. The lowest BCUT2D eigenvalue weighted by molar-refractivity contribution is 0.0963. The zero-order valence-corrected chi connectivity index (χ0v) is 18.7. The Bertz CT molecular complexity index is 1350. The van der Waals surface area contributed by atoms with Gasteiger partial charge in [-0.1, -0.05) is 42.0 Å². The van der Waals surface area contributed by atoms with Crippen molar-refractivity contribution in [1.82, 2.24) is 9.97 Å². The number of nitrogens with zero attached hydrogens (tertiary/aromatic N) is 1. The Morgan fingerprint density at radius 3 is 2.47 bits per heavy atom. The number of hydrogen-bond acceptors (Lipinski definition) is 5. The minimum Gasteiger partial charge on any atom is -0.497 e. The van der Waals surface area contributed by atoms with E-state index in [0.717, 1.165) is 22.6 Å². The van der Waals surface area contributed by atoms with Gasteiger partial charge in [-0.3, -0.25) is 9.59 Å². The van der Waals surface area contributed by atoms with Crippen LogP contribution < -0.4 is 10.3 Å². The van der Waals surface area contributed by atoms with Crippen LogP contribution in [0.1, 0.15) is 39.5 Å². The summed E-state index contributed by atoms with van der Waals surface area (Å²) in [6.07, 6.45) is 1.03. The number of benzene rings is 2. The normalized spacial score (nSPS) is 15.4. The quantitative estimate of drug-likeness (QED) is 0.460. The van der Waals surface area contributed by atoms with E-state index in [1.807, 2.05) is 60.8 Å². The first-order chi connectivity index (χ1) is 15.5. The van der Waals surface area contributed by atoms with Gasteiger partial charge in [-0.25, -0.2) is 4.98 Å². The number of rotatable bonds is 4. The number of ether oxygens (including phenoxy) is 1. The molecular weight excluding hydrogens is 420 g/mol. The SMILES string of the molecule is COc1ccc([C@H]2CC(=O)c3cc(-c4nc(-c5ccc(C)cc5)cs4)c(=O)[nH]c3C2)cc1. The predicted octanol–water partition coefficient (Wildman–Crippen LogP) is 5.40. The summed E-state index contributed by atoms with van der Waals surface area (Å²) in [5.74, 6) is 0.859. The van der Waals surface area contributed by atoms with Crippen LogP contribution in [0.15, 0.2) is 64.8 Å². The molecule has 1 aliphatic rings. The zero-order valence-electron chi connectivity index (χ0n) is 17.8. The molecule has 6 heteroatoms. The van der Waals surface area contributed by atoms with Gasteiger partial charge in [0.25, 0.3) is 5.56 Å². The second-order valence-electron chi connectivity index (χ2n) is 8.11. The maximum atomic E-state index is 13.0. The number of Topliss-reactive ketones (excluding diaryl/α,β-unsaturated/α-hetero) is 1. The molecule has 0 saturated heterocycles. The summed E-state index contributed by atoms with van der Waals surface area (Å²) < 4.78 is 5.22. The number of thiazole rings is 1. The molecule has 0 aliphatic heterocycles. The van der Waals surface area contributed by atoms with Crippen LogP contribution in [0.25, 0.3) is 21.8 Å². The maximum Gasteiger partial charge on any atom is 0.258 e. The van der Waals surface area contributed by atoms with Gasteiger partial charge in [-0.15, -0.1) is 11.3 Å². The second-order valence-corrected chi connectivity index (χ2v) is 8.97. The van der Waals surface area contributed by atoms with Crippen molar-refractivity contribution < 1.29 is 9.53 Å². The average molecular weight is 443 g/mol. The van der Waals surface area contributed by atoms with E-state index in [2.05, 4.69) is 9.97 Å². The fourth-order valence-corrected chi connectivity index (χ4v) is 5.00. The molecule has 1 N–H and O–H groups in total. The fourth-order valence-electron chi connectivity index (χ4n) is 4.16. The fraction of sp³-hybridized carbons (Fsp3) is 0.192. The van der Waals surface area contributed by atoms with E-state index in [1.54, 1.807) is 13.2 Å². The smallest absolute Gasteiger partial charge is 0.258 e. The first-order valence-corrected chi connectivity index (χ1v) is 11.4. The first-order valence-electron chi connectivity index (χ1n) is 10.5. The van der Waals surface area contributed by atoms with Crippen molar-refractivity contribution in [3.63, 3.8) is 0 Å². The number of methoxy groups -OCH3 is 1. The standard InChI is InChI=1S/C26H22N2O3S/c1-15-3-5-17(6-4-15)23-14-32-26(28-23)21-13-20-22(27-25(21)30)11-18(12-24(20)29)16-7-9-19(31-2)10-8-16/h3-10,13-14,18H,11-12H2,1-2H3,(H,27,30)/t18-/m1/s1. The number of nitrogens with one attached hydrogen (secondary N) is 1. The third kappa shape index (κ3) is 3.78. The molecule has 2 heterocycles. The number of carbonyl (C=O) groups excluding carboxylic acids is 1. The Labute approximate surface area is 189 Å². The van der Waals surface area contributed by atoms with Crippen molar-refractivity contribution in [2.24, 2.45) is 0 Å². The van der Waals surface area contributed by atoms with Gasteiger partial charge in [0, 0.05) is 28.6 Å². The van der Waals surface area contributed by atoms with E-state index in [4.69, 9.17) is 4.74 Å². The number of aryl methyl sites for hydroxylation is 1. The third-order valence-corrected chi connectivity index (χ3v) is 6.85. The van der Waals surface area contributed by atoms with Crippen LogP contribution in [-0.4, -0.2) is 22.9 Å². The highest BCUT2D eigenvalue weighted by Crippen LogP contribution is 2.34. The Hall–Kier alpha value is -3.51. The number of pyridine rings is 1. The minimum absolute atomic E-state index is 0.0374. The van der Waals surface area contributed by atoms with Gasteiger partial charge in [0.1, 0.15) is 10.8 Å². The van der Waals surface area contributed by atoms with Crippen molar-refractivity contribution in [2.75, 3.05) is 7.11 Å². The van der Waals surface area contributed by atoms with Gasteiger partial charge >= 0.3 is 0 Å². The molecule has 0 saturated carbocycles. The summed E-state index contributed by atoms with van der Waals surface area (Å²) in [5, 5.41) is 2.56. The molecule has 0 bridgehead atoms. The van der Waals surface area contributed by atoms with Gasteiger partial charge < -0.3 is 9.72 Å². The van der Waals surface area contributed by atoms with Crippen molar-refractivity contribution in [1.29, 1.82) is 0 Å². The molecule has 1 aliphatic carbocycles. The molecule has 0 unspecified atom stereocenters. The number of H-pyrrole nitrogens is 1. The maximum absolute atomic E-state index is 13.0. The molecule has 0 fully saturated rings. The number of carbonyl (C=O) groups is 1. The van der Waals surface area contributed by atoms with Crippen LogP contribution in [0, 0.1) is 6.92 Å². The number of fused-ring (bicyclic) bond motifs is 1. The highest BCUT2D eigenvalue weighted by Gasteiger charge is 2.28. The predicted molar refractivity (Wildman–Crippen MR) is 127 cm³/mol. The number of aromatic nitrogens is 2. The lowest BCUT2D eigenvalue weighted by Gasteiger charge is -2.24. The number of ketones is 1. The molecular formula is C26H22N2O3S. The second kappa shape index (κ2) is 8.20. The zero-order chi connectivity index (χ0) is 22.2. The van der Waals surface area contributed by atoms with Crippen LogP contribution in [0.4, 0.5) is 0 Å². The molecule has 1 atom stereocenters. The van der Waals surface area contributed by atoms with Crippen LogP contribution in [0.3, 0.4) is 0 Å². The molecule has 2 aromatic carbocycles. The summed E-state index contributed by atoms with van der Waals surface area (Å²) >= 11 is 1.41. The molecule has 160 valence electrons. The van der Waals surface area contributed by atoms with E-state index in [9.17, 15) is 9.59 Å². The average Bonchev–Trinajstić information content (AvgIpc) is 3.29. The van der Waals surface area contributed by atoms with Crippen molar-refractivity contribution >= 4 is 17.1 Å². The van der Waals surface area contributed by atoms with Crippen molar-refractivity contribution in [2.45, 2.75) is 25.7 Å². The molecule has 0 amide bonds. The monoisotopic (exact) mass is 442 g/mol. The third-order valence-electron chi connectivity index (χ3n) is 5.97. The van der Waals surface area contributed by atoms with Crippen LogP contribution in [0.5, 0.6) is 5.75 Å². The Morgan fingerprint density at radius 1 is 1.00 bits per heavy atom. The number of aromatic amines is 1. The summed E-state index contributed by atoms with van der Waals surface area (Å²) in [4.78, 5) is 33.5. The molecule has 0 radical (unpaired) electrons. The summed E-state index contributed by atoms with van der Waals surface area (Å²) in [7, 11) is 1.63. The van der Waals surface area contributed by atoms with Crippen molar-refractivity contribution in [3.8, 4) is 27.6 Å². The summed E-state index contributed by atoms with van der Waals surface area (Å²) in [5.41, 5.74) is 5.61. The van der Waals surface area contributed by atoms with Gasteiger partial charge in [0.15, 0.2) is 5.78 Å². The van der Waals surface area contributed by atoms with Crippen LogP contribution >= 0.6 is 11.3 Å². The summed E-state index contributed by atoms with van der Waals surface area (Å²) in [6, 6.07) is 17.6. The Morgan fingerprint density at radius 2 is 1.75 bits per heavy atom. The minimum atomic E-state index is -0.211. The highest BCUT2D eigenvalue weighted by molar-refractivity contribution is 7.13. The first kappa shape index (κ1) is 20.4. The molecule has 5 rings (SSSR count). The topological polar surface area (TPSA) is 72.0 Å². The van der Waals surface area contributed by atoms with Gasteiger partial charge in [-0.05, 0) is 43.0 Å². The van der Waals surface area contributed by atoms with E-state index in [0.29, 0.717) is 34.7 Å². The van der Waals surface area contributed by atoms with Gasteiger partial charge in [0.2, 0.25) is 0 Å². The van der Waals surface area contributed by atoms with Crippen molar-refractivity contribution in [3.05, 3.63) is 92.7 Å². The highest BCUT2D eigenvalue weighted by atomic mass is 32.1. The van der Waals surface area contributed by atoms with E-state index in [1.165, 1.54) is 16.9 Å². The van der Waals surface area contributed by atoms with Crippen LogP contribution in [-0.2, 0) is 6.42 Å². The van der Waals surface area contributed by atoms with E-state index in [-0.39, 0.29) is 17.3 Å². The van der Waals surface area contributed by atoms with Crippen LogP contribution in [0.2, 0.25) is 0 Å². The molecule has 4 aromatic rings. The lowest BCUT2D eigenvalue weighted by atomic mass is 9.81. The molecule has 5 nitrogen and oxygen atoms in total. The van der Waals surface area contributed by atoms with E-state index >= 15 is 0 Å². The molecule has 32 heavy (non-hydrogen) atoms. The molecule has 0 spiro atoms. The Balaban J connectivity index is 1.46. The summed E-state index contributed by atoms with van der Waals surface area (Å²) in [6.45, 7) is 2.04. The lowest BCUT2D eigenvalue weighted by Crippen LogP contribution is -2.24.